The second kappa shape index (κ2) is 10.4. The first kappa shape index (κ1) is 24.5. The van der Waals surface area contributed by atoms with Crippen molar-refractivity contribution in [2.45, 2.75) is 32.4 Å². The van der Waals surface area contributed by atoms with Gasteiger partial charge < -0.3 is 24.5 Å². The Hall–Kier alpha value is -4.16. The molecule has 0 unspecified atom stereocenters. The first-order valence-corrected chi connectivity index (χ1v) is 12.5. The number of nitrogens with zero attached hydrogens (tertiary/aromatic N) is 6. The molecule has 1 aromatic heterocycles. The fourth-order valence-corrected chi connectivity index (χ4v) is 5.48. The van der Waals surface area contributed by atoms with Gasteiger partial charge in [-0.2, -0.15) is 15.2 Å². The molecule has 9 nitrogen and oxygen atoms in total. The summed E-state index contributed by atoms with van der Waals surface area (Å²) in [6.07, 6.45) is 2.25. The number of piperazine rings is 1. The zero-order valence-corrected chi connectivity index (χ0v) is 20.9. The monoisotopic (exact) mass is 498 g/mol. The molecule has 1 fully saturated rings. The van der Waals surface area contributed by atoms with Gasteiger partial charge in [0, 0.05) is 42.8 Å². The van der Waals surface area contributed by atoms with Crippen LogP contribution in [0.25, 0.3) is 10.8 Å². The van der Waals surface area contributed by atoms with E-state index in [2.05, 4.69) is 75.7 Å². The van der Waals surface area contributed by atoms with Crippen molar-refractivity contribution >= 4 is 28.2 Å². The molecule has 0 bridgehead atoms. The molecule has 1 saturated heterocycles. The summed E-state index contributed by atoms with van der Waals surface area (Å²) in [6, 6.07) is 14.8. The molecule has 1 amide bonds. The molecule has 0 spiro atoms. The first-order valence-electron chi connectivity index (χ1n) is 12.5. The van der Waals surface area contributed by atoms with E-state index in [-0.39, 0.29) is 24.4 Å². The number of carbonyl (C=O) groups is 1. The van der Waals surface area contributed by atoms with E-state index in [0.29, 0.717) is 26.2 Å². The van der Waals surface area contributed by atoms with Crippen LogP contribution in [0.15, 0.2) is 49.1 Å². The zero-order chi connectivity index (χ0) is 25.9. The van der Waals surface area contributed by atoms with Gasteiger partial charge in [0.05, 0.1) is 30.8 Å². The molecule has 0 saturated carbocycles. The van der Waals surface area contributed by atoms with Gasteiger partial charge in [-0.3, -0.25) is 4.79 Å². The lowest BCUT2D eigenvalue weighted by Gasteiger charge is -2.42. The highest BCUT2D eigenvalue weighted by Gasteiger charge is 2.33. The Morgan fingerprint density at radius 3 is 2.78 bits per heavy atom. The highest BCUT2D eigenvalue weighted by molar-refractivity contribution is 5.97. The summed E-state index contributed by atoms with van der Waals surface area (Å²) >= 11 is 0. The van der Waals surface area contributed by atoms with Crippen LogP contribution in [0.3, 0.4) is 0 Å². The van der Waals surface area contributed by atoms with E-state index in [1.165, 1.54) is 22.4 Å². The maximum atomic E-state index is 12.4. The van der Waals surface area contributed by atoms with Gasteiger partial charge in [-0.1, -0.05) is 36.9 Å². The van der Waals surface area contributed by atoms with Gasteiger partial charge in [0.25, 0.3) is 0 Å². The molecule has 2 aromatic carbocycles. The van der Waals surface area contributed by atoms with E-state index in [1.807, 2.05) is 0 Å². The van der Waals surface area contributed by atoms with Gasteiger partial charge >= 0.3 is 6.01 Å². The van der Waals surface area contributed by atoms with Crippen molar-refractivity contribution in [3.05, 3.63) is 65.9 Å². The van der Waals surface area contributed by atoms with E-state index in [1.54, 1.807) is 4.90 Å². The maximum absolute atomic E-state index is 12.4. The highest BCUT2D eigenvalue weighted by atomic mass is 16.6. The largest absolute Gasteiger partial charge is 0.436 e. The molecule has 0 radical (unpaired) electrons. The second-order valence-electron chi connectivity index (χ2n) is 9.35. The summed E-state index contributed by atoms with van der Waals surface area (Å²) in [4.78, 5) is 27.8. The fourth-order valence-electron chi connectivity index (χ4n) is 5.48. The van der Waals surface area contributed by atoms with Crippen LogP contribution < -0.4 is 14.5 Å². The smallest absolute Gasteiger partial charge is 0.320 e. The minimum atomic E-state index is -0.525. The summed E-state index contributed by atoms with van der Waals surface area (Å²) < 4.78 is 5.34. The van der Waals surface area contributed by atoms with Crippen LogP contribution in [-0.2, 0) is 17.8 Å². The standard InChI is InChI=1S/C28H30N6O3/c1-3-25(36)34-15-14-33(16-21(34)10-12-29)27-22-11-13-32(17-23(22)30-28(31-27)37-18-35)24-9-5-8-20-7-4-6-19(2)26(20)24/h3-9,21,35H,1,10-11,13-18H2,2H3/t21-/m0/s1. The average Bonchev–Trinajstić information content (AvgIpc) is 2.92. The number of amides is 1. The number of rotatable bonds is 6. The lowest BCUT2D eigenvalue weighted by atomic mass is 9.99. The Bertz CT molecular complexity index is 1380. The Morgan fingerprint density at radius 1 is 1.22 bits per heavy atom. The predicted molar refractivity (Wildman–Crippen MR) is 141 cm³/mol. The van der Waals surface area contributed by atoms with Crippen molar-refractivity contribution in [2.24, 2.45) is 0 Å². The molecule has 0 aliphatic carbocycles. The number of aliphatic hydroxyl groups is 1. The number of fused-ring (bicyclic) bond motifs is 2. The number of carbonyl (C=O) groups excluding carboxylic acids is 1. The number of hydrogen-bond donors (Lipinski definition) is 1. The summed E-state index contributed by atoms with van der Waals surface area (Å²) in [6.45, 7) is 8.09. The molecular formula is C28H30N6O3. The molecule has 1 N–H and O–H groups in total. The van der Waals surface area contributed by atoms with Gasteiger partial charge in [0.2, 0.25) is 5.91 Å². The molecule has 5 rings (SSSR count). The van der Waals surface area contributed by atoms with Crippen LogP contribution in [-0.4, -0.2) is 64.9 Å². The number of aliphatic hydroxyl groups excluding tert-OH is 1. The number of anilines is 2. The SMILES string of the molecule is C=CC(=O)N1CCN(c2nc(OCO)nc3c2CCN(c2cccc4cccc(C)c24)C3)C[C@@H]1CC#N. The molecule has 9 heteroatoms. The van der Waals surface area contributed by atoms with Crippen molar-refractivity contribution in [2.75, 3.05) is 42.8 Å². The van der Waals surface area contributed by atoms with Gasteiger partial charge in [0.1, 0.15) is 5.82 Å². The molecule has 1 atom stereocenters. The van der Waals surface area contributed by atoms with Crippen LogP contribution in [0.4, 0.5) is 11.5 Å². The molecule has 3 aromatic rings. The molecule has 2 aliphatic heterocycles. The van der Waals surface area contributed by atoms with Crippen LogP contribution >= 0.6 is 0 Å². The topological polar surface area (TPSA) is 106 Å². The fraction of sp³-hybridized carbons (Fsp3) is 0.357. The lowest BCUT2D eigenvalue weighted by Crippen LogP contribution is -2.55. The van der Waals surface area contributed by atoms with Gasteiger partial charge in [-0.05, 0) is 36.4 Å². The minimum absolute atomic E-state index is 0.119. The Labute approximate surface area is 216 Å². The summed E-state index contributed by atoms with van der Waals surface area (Å²) in [7, 11) is 0. The van der Waals surface area contributed by atoms with Gasteiger partial charge in [-0.25, -0.2) is 0 Å². The summed E-state index contributed by atoms with van der Waals surface area (Å²) in [5, 5.41) is 21.2. The van der Waals surface area contributed by atoms with Crippen molar-refractivity contribution in [1.29, 1.82) is 5.26 Å². The number of nitriles is 1. The Morgan fingerprint density at radius 2 is 2.03 bits per heavy atom. The third-order valence-electron chi connectivity index (χ3n) is 7.22. The van der Waals surface area contributed by atoms with E-state index in [9.17, 15) is 15.2 Å². The summed E-state index contributed by atoms with van der Waals surface area (Å²) in [5.74, 6) is 0.575. The van der Waals surface area contributed by atoms with Crippen molar-refractivity contribution in [3.8, 4) is 12.1 Å². The molecule has 37 heavy (non-hydrogen) atoms. The predicted octanol–water partition coefficient (Wildman–Crippen LogP) is 2.95. The maximum Gasteiger partial charge on any atom is 0.320 e. The number of aryl methyl sites for hydroxylation is 1. The highest BCUT2D eigenvalue weighted by Crippen LogP contribution is 2.35. The molecule has 190 valence electrons. The van der Waals surface area contributed by atoms with E-state index >= 15 is 0 Å². The third-order valence-corrected chi connectivity index (χ3v) is 7.22. The zero-order valence-electron chi connectivity index (χ0n) is 20.9. The van der Waals surface area contributed by atoms with Crippen LogP contribution in [0.5, 0.6) is 6.01 Å². The van der Waals surface area contributed by atoms with Crippen molar-refractivity contribution in [1.82, 2.24) is 14.9 Å². The van der Waals surface area contributed by atoms with Crippen molar-refractivity contribution in [3.63, 3.8) is 0 Å². The lowest BCUT2D eigenvalue weighted by molar-refractivity contribution is -0.128. The minimum Gasteiger partial charge on any atom is -0.436 e. The Kier molecular flexibility index (Phi) is 6.93. The van der Waals surface area contributed by atoms with E-state index < -0.39 is 6.79 Å². The Balaban J connectivity index is 1.50. The number of hydrogen-bond acceptors (Lipinski definition) is 8. The van der Waals surface area contributed by atoms with Gasteiger partial charge in [-0.15, -0.1) is 0 Å². The molecule has 3 heterocycles. The number of benzene rings is 2. The second-order valence-corrected chi connectivity index (χ2v) is 9.35. The van der Waals surface area contributed by atoms with Crippen LogP contribution in [0, 0.1) is 18.3 Å². The third kappa shape index (κ3) is 4.68. The van der Waals surface area contributed by atoms with E-state index in [0.717, 1.165) is 35.7 Å². The first-order chi connectivity index (χ1) is 18.0. The summed E-state index contributed by atoms with van der Waals surface area (Å²) in [5.41, 5.74) is 4.28. The van der Waals surface area contributed by atoms with Crippen molar-refractivity contribution < 1.29 is 14.6 Å². The van der Waals surface area contributed by atoms with Crippen LogP contribution in [0.2, 0.25) is 0 Å². The average molecular weight is 499 g/mol. The normalized spacial score (nSPS) is 17.3. The van der Waals surface area contributed by atoms with E-state index in [4.69, 9.17) is 4.74 Å². The molecule has 2 aliphatic rings. The number of aromatic nitrogens is 2. The quantitative estimate of drug-likeness (QED) is 0.409. The van der Waals surface area contributed by atoms with Gasteiger partial charge in [0.15, 0.2) is 6.79 Å². The van der Waals surface area contributed by atoms with Crippen LogP contribution in [0.1, 0.15) is 23.2 Å². The number of ether oxygens (including phenoxy) is 1. The molecular weight excluding hydrogens is 468 g/mol.